The molecule has 3 aromatic rings. The van der Waals surface area contributed by atoms with E-state index >= 15 is 0 Å². The van der Waals surface area contributed by atoms with Crippen LogP contribution in [0.5, 0.6) is 0 Å². The van der Waals surface area contributed by atoms with Crippen molar-refractivity contribution in [2.75, 3.05) is 18.4 Å². The first-order valence-corrected chi connectivity index (χ1v) is 9.28. The average Bonchev–Trinajstić information content (AvgIpc) is 3.11. The van der Waals surface area contributed by atoms with Crippen molar-refractivity contribution in [1.82, 2.24) is 14.7 Å². The highest BCUT2D eigenvalue weighted by molar-refractivity contribution is 5.92. The number of fused-ring (bicyclic) bond motifs is 1. The Bertz CT molecular complexity index is 1000. The predicted molar refractivity (Wildman–Crippen MR) is 106 cm³/mol. The molecule has 0 saturated carbocycles. The van der Waals surface area contributed by atoms with Gasteiger partial charge in [0.15, 0.2) is 0 Å². The Labute approximate surface area is 161 Å². The van der Waals surface area contributed by atoms with Crippen molar-refractivity contribution < 1.29 is 9.72 Å². The van der Waals surface area contributed by atoms with E-state index in [0.717, 1.165) is 36.0 Å². The fraction of sp³-hybridized carbons (Fsp3) is 0.300. The number of anilines is 1. The number of carbonyl (C=O) groups is 1. The molecule has 1 N–H and O–H groups in total. The first-order valence-electron chi connectivity index (χ1n) is 9.28. The van der Waals surface area contributed by atoms with Crippen LogP contribution in [0, 0.1) is 16.0 Å². The van der Waals surface area contributed by atoms with Gasteiger partial charge in [0, 0.05) is 29.8 Å². The Morgan fingerprint density at radius 1 is 1.25 bits per heavy atom. The number of para-hydroxylation sites is 1. The van der Waals surface area contributed by atoms with Crippen LogP contribution >= 0.6 is 0 Å². The molecule has 28 heavy (non-hydrogen) atoms. The summed E-state index contributed by atoms with van der Waals surface area (Å²) in [6.45, 7) is 2.10. The summed E-state index contributed by atoms with van der Waals surface area (Å²) in [6.07, 6.45) is 3.45. The molecule has 0 aliphatic carbocycles. The molecular weight excluding hydrogens is 358 g/mol. The number of non-ortho nitro benzene ring substituents is 1. The Morgan fingerprint density at radius 2 is 2.07 bits per heavy atom. The molecule has 0 spiro atoms. The number of nitrogens with one attached hydrogen (secondary N) is 1. The normalized spacial score (nSPS) is 17.5. The number of aromatic nitrogens is 2. The van der Waals surface area contributed by atoms with Crippen molar-refractivity contribution >= 4 is 28.2 Å². The number of nitro groups is 1. The number of nitrogens with zero attached hydrogens (tertiary/aromatic N) is 4. The zero-order valence-corrected chi connectivity index (χ0v) is 15.3. The maximum absolute atomic E-state index is 12.6. The van der Waals surface area contributed by atoms with E-state index in [9.17, 15) is 14.9 Å². The summed E-state index contributed by atoms with van der Waals surface area (Å²) in [5, 5.41) is 19.0. The van der Waals surface area contributed by atoms with Gasteiger partial charge in [0.05, 0.1) is 29.2 Å². The quantitative estimate of drug-likeness (QED) is 0.542. The molecule has 1 fully saturated rings. The van der Waals surface area contributed by atoms with Crippen LogP contribution in [0.3, 0.4) is 0 Å². The molecule has 1 aliphatic heterocycles. The van der Waals surface area contributed by atoms with Gasteiger partial charge in [0.1, 0.15) is 0 Å². The minimum Gasteiger partial charge on any atom is -0.326 e. The molecule has 0 radical (unpaired) electrons. The average molecular weight is 379 g/mol. The van der Waals surface area contributed by atoms with E-state index in [2.05, 4.69) is 15.3 Å². The van der Waals surface area contributed by atoms with Crippen LogP contribution in [0.25, 0.3) is 10.9 Å². The van der Waals surface area contributed by atoms with Gasteiger partial charge >= 0.3 is 0 Å². The largest absolute Gasteiger partial charge is 0.326 e. The van der Waals surface area contributed by atoms with Crippen molar-refractivity contribution in [2.45, 2.75) is 19.5 Å². The van der Waals surface area contributed by atoms with Crippen LogP contribution < -0.4 is 5.32 Å². The highest BCUT2D eigenvalue weighted by Crippen LogP contribution is 2.23. The molecular formula is C20H21N5O3. The molecule has 144 valence electrons. The van der Waals surface area contributed by atoms with Crippen LogP contribution in [0.2, 0.25) is 0 Å². The summed E-state index contributed by atoms with van der Waals surface area (Å²) >= 11 is 0. The topological polar surface area (TPSA) is 93.3 Å². The molecule has 0 unspecified atom stereocenters. The lowest BCUT2D eigenvalue weighted by atomic mass is 9.97. The third-order valence-corrected chi connectivity index (χ3v) is 5.09. The zero-order chi connectivity index (χ0) is 19.5. The lowest BCUT2D eigenvalue weighted by Crippen LogP contribution is -2.41. The van der Waals surface area contributed by atoms with E-state index in [-0.39, 0.29) is 17.5 Å². The summed E-state index contributed by atoms with van der Waals surface area (Å²) in [5.41, 5.74) is 1.72. The van der Waals surface area contributed by atoms with Gasteiger partial charge in [-0.05, 0) is 37.6 Å². The number of likely N-dealkylation sites (tertiary alicyclic amines) is 1. The van der Waals surface area contributed by atoms with Crippen LogP contribution in [0.1, 0.15) is 12.8 Å². The van der Waals surface area contributed by atoms with Gasteiger partial charge in [-0.25, -0.2) is 0 Å². The van der Waals surface area contributed by atoms with Gasteiger partial charge in [0.25, 0.3) is 5.69 Å². The van der Waals surface area contributed by atoms with Crippen molar-refractivity contribution in [1.29, 1.82) is 0 Å². The molecule has 4 rings (SSSR count). The molecule has 8 heteroatoms. The standard InChI is InChI=1S/C20H21N5O3/c26-20(22-17-6-2-1-3-7-17)15-5-4-10-23(13-15)14-24-19-9-8-18(25(27)28)11-16(19)12-21-24/h1-3,6-9,11-12,15H,4-5,10,13-14H2,(H,22,26)/t15-/m0/s1. The Kier molecular flexibility index (Phi) is 5.03. The van der Waals surface area contributed by atoms with Crippen molar-refractivity contribution in [3.8, 4) is 0 Å². The second-order valence-electron chi connectivity index (χ2n) is 7.06. The molecule has 1 aromatic heterocycles. The zero-order valence-electron chi connectivity index (χ0n) is 15.3. The summed E-state index contributed by atoms with van der Waals surface area (Å²) in [6, 6.07) is 14.2. The molecule has 0 bridgehead atoms. The molecule has 1 amide bonds. The van der Waals surface area contributed by atoms with Crippen LogP contribution in [-0.4, -0.2) is 38.6 Å². The van der Waals surface area contributed by atoms with Gasteiger partial charge in [-0.2, -0.15) is 5.10 Å². The minimum absolute atomic E-state index is 0.0387. The molecule has 8 nitrogen and oxygen atoms in total. The van der Waals surface area contributed by atoms with Crippen LogP contribution in [0.15, 0.2) is 54.7 Å². The molecule has 2 heterocycles. The first-order chi connectivity index (χ1) is 13.6. The number of hydrogen-bond acceptors (Lipinski definition) is 5. The Balaban J connectivity index is 1.43. The number of carbonyl (C=O) groups excluding carboxylic acids is 1. The van der Waals surface area contributed by atoms with Crippen molar-refractivity contribution in [3.05, 3.63) is 64.8 Å². The van der Waals surface area contributed by atoms with Crippen molar-refractivity contribution in [3.63, 3.8) is 0 Å². The van der Waals surface area contributed by atoms with Gasteiger partial charge in [-0.1, -0.05) is 18.2 Å². The summed E-state index contributed by atoms with van der Waals surface area (Å²) in [7, 11) is 0. The number of benzene rings is 2. The Morgan fingerprint density at radius 3 is 2.86 bits per heavy atom. The minimum atomic E-state index is -0.405. The first kappa shape index (κ1) is 18.1. The third-order valence-electron chi connectivity index (χ3n) is 5.09. The molecule has 1 atom stereocenters. The molecule has 1 saturated heterocycles. The van der Waals surface area contributed by atoms with Crippen molar-refractivity contribution in [2.24, 2.45) is 5.92 Å². The number of nitro benzene ring substituents is 1. The van der Waals surface area contributed by atoms with Gasteiger partial charge in [0.2, 0.25) is 5.91 Å². The number of amides is 1. The van der Waals surface area contributed by atoms with E-state index < -0.39 is 4.92 Å². The lowest BCUT2D eigenvalue weighted by Gasteiger charge is -2.31. The SMILES string of the molecule is O=C(Nc1ccccc1)[C@H]1CCCN(Cn2ncc3cc([N+](=O)[O-])ccc32)C1. The van der Waals surface area contributed by atoms with Crippen LogP contribution in [-0.2, 0) is 11.5 Å². The van der Waals surface area contributed by atoms with E-state index in [1.54, 1.807) is 12.3 Å². The predicted octanol–water partition coefficient (Wildman–Crippen LogP) is 3.25. The highest BCUT2D eigenvalue weighted by Gasteiger charge is 2.26. The molecule has 2 aromatic carbocycles. The second-order valence-corrected chi connectivity index (χ2v) is 7.06. The number of piperidine rings is 1. The summed E-state index contributed by atoms with van der Waals surface area (Å²) in [5.74, 6) is -0.0336. The Hall–Kier alpha value is -3.26. The second kappa shape index (κ2) is 7.77. The summed E-state index contributed by atoms with van der Waals surface area (Å²) < 4.78 is 1.83. The highest BCUT2D eigenvalue weighted by atomic mass is 16.6. The third kappa shape index (κ3) is 3.86. The number of rotatable bonds is 5. The summed E-state index contributed by atoms with van der Waals surface area (Å²) in [4.78, 5) is 25.3. The maximum atomic E-state index is 12.6. The van der Waals surface area contributed by atoms with E-state index in [1.165, 1.54) is 12.1 Å². The van der Waals surface area contributed by atoms with E-state index in [4.69, 9.17) is 0 Å². The fourth-order valence-electron chi connectivity index (χ4n) is 3.65. The monoisotopic (exact) mass is 379 g/mol. The van der Waals surface area contributed by atoms with E-state index in [0.29, 0.717) is 13.2 Å². The molecule has 1 aliphatic rings. The smallest absolute Gasteiger partial charge is 0.270 e. The maximum Gasteiger partial charge on any atom is 0.270 e. The fourth-order valence-corrected chi connectivity index (χ4v) is 3.65. The lowest BCUT2D eigenvalue weighted by molar-refractivity contribution is -0.384. The van der Waals surface area contributed by atoms with Gasteiger partial charge < -0.3 is 5.32 Å². The van der Waals surface area contributed by atoms with Crippen LogP contribution in [0.4, 0.5) is 11.4 Å². The van der Waals surface area contributed by atoms with E-state index in [1.807, 2.05) is 35.0 Å². The van der Waals surface area contributed by atoms with Gasteiger partial charge in [-0.15, -0.1) is 0 Å². The van der Waals surface area contributed by atoms with Gasteiger partial charge in [-0.3, -0.25) is 24.5 Å². The number of hydrogen-bond donors (Lipinski definition) is 1.